The summed E-state index contributed by atoms with van der Waals surface area (Å²) in [7, 11) is 0. The molecule has 0 radical (unpaired) electrons. The molecule has 2 rings (SSSR count). The number of nitrogens with one attached hydrogen (secondary N) is 1. The van der Waals surface area contributed by atoms with E-state index < -0.39 is 40.5 Å². The van der Waals surface area contributed by atoms with E-state index in [1.54, 1.807) is 0 Å². The largest absolute Gasteiger partial charge is 0.395 e. The minimum atomic E-state index is -1.69. The molecule has 0 amide bonds. The zero-order valence-corrected chi connectivity index (χ0v) is 9.28. The Morgan fingerprint density at radius 1 is 0.789 bits per heavy atom. The predicted octanol–water partition coefficient (Wildman–Crippen LogP) is 3.71. The quantitative estimate of drug-likeness (QED) is 0.497. The van der Waals surface area contributed by atoms with Crippen molar-refractivity contribution in [3.05, 3.63) is 53.4 Å². The lowest BCUT2D eigenvalue weighted by molar-refractivity contribution is 0.449. The van der Waals surface area contributed by atoms with Gasteiger partial charge in [0.2, 0.25) is 0 Å². The monoisotopic (exact) mass is 274 g/mol. The van der Waals surface area contributed by atoms with E-state index in [1.807, 2.05) is 0 Å². The summed E-state index contributed by atoms with van der Waals surface area (Å²) in [6.45, 7) is 0. The van der Waals surface area contributed by atoms with E-state index >= 15 is 0 Å². The van der Waals surface area contributed by atoms with Crippen LogP contribution in [-0.2, 0) is 0 Å². The second-order valence-corrected chi connectivity index (χ2v) is 3.70. The zero-order valence-electron chi connectivity index (χ0n) is 9.28. The molecular formula is C12H7F5N2. The number of nitrogens with two attached hydrogens (primary N) is 1. The van der Waals surface area contributed by atoms with Gasteiger partial charge >= 0.3 is 0 Å². The highest BCUT2D eigenvalue weighted by Gasteiger charge is 2.15. The Balaban J connectivity index is 2.45. The van der Waals surface area contributed by atoms with Crippen LogP contribution >= 0.6 is 0 Å². The van der Waals surface area contributed by atoms with Crippen molar-refractivity contribution in [1.29, 1.82) is 0 Å². The number of anilines is 3. The summed E-state index contributed by atoms with van der Waals surface area (Å²) in [5.41, 5.74) is 4.08. The summed E-state index contributed by atoms with van der Waals surface area (Å²) in [5.74, 6) is -6.58. The van der Waals surface area contributed by atoms with Crippen LogP contribution in [0.4, 0.5) is 39.0 Å². The average molecular weight is 274 g/mol. The molecule has 2 nitrogen and oxygen atoms in total. The molecule has 0 aliphatic rings. The van der Waals surface area contributed by atoms with Crippen molar-refractivity contribution in [3.8, 4) is 0 Å². The molecule has 0 aromatic heterocycles. The molecule has 0 bridgehead atoms. The molecule has 3 N–H and O–H groups in total. The second-order valence-electron chi connectivity index (χ2n) is 3.70. The van der Waals surface area contributed by atoms with Crippen LogP contribution in [-0.4, -0.2) is 0 Å². The van der Waals surface area contributed by atoms with Gasteiger partial charge in [-0.2, -0.15) is 0 Å². The molecule has 19 heavy (non-hydrogen) atoms. The third-order valence-corrected chi connectivity index (χ3v) is 2.40. The minimum Gasteiger partial charge on any atom is -0.395 e. The number of hydrogen-bond acceptors (Lipinski definition) is 2. The van der Waals surface area contributed by atoms with E-state index in [2.05, 4.69) is 5.32 Å². The Hall–Kier alpha value is -2.31. The molecule has 100 valence electrons. The van der Waals surface area contributed by atoms with Crippen LogP contribution in [0.2, 0.25) is 0 Å². The lowest BCUT2D eigenvalue weighted by Gasteiger charge is -2.11. The molecule has 0 spiro atoms. The van der Waals surface area contributed by atoms with Gasteiger partial charge < -0.3 is 11.1 Å². The highest BCUT2D eigenvalue weighted by Crippen LogP contribution is 2.29. The number of hydrogen-bond donors (Lipinski definition) is 2. The summed E-state index contributed by atoms with van der Waals surface area (Å²) in [4.78, 5) is 0. The van der Waals surface area contributed by atoms with Crippen LogP contribution in [0.15, 0.2) is 24.3 Å². The van der Waals surface area contributed by atoms with Crippen LogP contribution in [0.1, 0.15) is 0 Å². The maximum absolute atomic E-state index is 13.4. The molecule has 0 fully saturated rings. The van der Waals surface area contributed by atoms with Crippen molar-refractivity contribution in [3.63, 3.8) is 0 Å². The molecule has 2 aromatic carbocycles. The lowest BCUT2D eigenvalue weighted by atomic mass is 10.2. The van der Waals surface area contributed by atoms with Crippen molar-refractivity contribution in [2.75, 3.05) is 11.1 Å². The van der Waals surface area contributed by atoms with Gasteiger partial charge in [-0.15, -0.1) is 0 Å². The fraction of sp³-hybridized carbons (Fsp3) is 0. The van der Waals surface area contributed by atoms with Gasteiger partial charge in [0.25, 0.3) is 0 Å². The van der Waals surface area contributed by atoms with Gasteiger partial charge in [-0.1, -0.05) is 0 Å². The number of halogens is 5. The standard InChI is InChI=1S/C12H7F5N2/c13-5-3-7(15)12(18)9(4-5)19-8-2-1-6(14)10(16)11(8)17/h1-4,19H,18H2. The van der Waals surface area contributed by atoms with Crippen molar-refractivity contribution < 1.29 is 22.0 Å². The summed E-state index contributed by atoms with van der Waals surface area (Å²) in [6.07, 6.45) is 0. The Labute approximate surface area is 104 Å². The number of benzene rings is 2. The van der Waals surface area contributed by atoms with Crippen LogP contribution in [0.25, 0.3) is 0 Å². The van der Waals surface area contributed by atoms with Crippen LogP contribution < -0.4 is 11.1 Å². The average Bonchev–Trinajstić information content (AvgIpc) is 2.36. The predicted molar refractivity (Wildman–Crippen MR) is 60.4 cm³/mol. The van der Waals surface area contributed by atoms with Crippen molar-refractivity contribution in [2.24, 2.45) is 0 Å². The fourth-order valence-corrected chi connectivity index (χ4v) is 1.46. The van der Waals surface area contributed by atoms with E-state index in [0.29, 0.717) is 12.1 Å². The second kappa shape index (κ2) is 4.75. The third kappa shape index (κ3) is 2.44. The first-order chi connectivity index (χ1) is 8.90. The molecule has 0 aliphatic carbocycles. The van der Waals surface area contributed by atoms with Crippen LogP contribution in [0.5, 0.6) is 0 Å². The van der Waals surface area contributed by atoms with Gasteiger partial charge in [0.15, 0.2) is 23.3 Å². The van der Waals surface area contributed by atoms with E-state index in [9.17, 15) is 22.0 Å². The van der Waals surface area contributed by atoms with E-state index in [1.165, 1.54) is 0 Å². The molecule has 0 atom stereocenters. The third-order valence-electron chi connectivity index (χ3n) is 2.40. The van der Waals surface area contributed by atoms with Gasteiger partial charge in [0.1, 0.15) is 5.82 Å². The maximum atomic E-state index is 13.4. The summed E-state index contributed by atoms with van der Waals surface area (Å²) < 4.78 is 65.2. The van der Waals surface area contributed by atoms with Crippen molar-refractivity contribution in [2.45, 2.75) is 0 Å². The summed E-state index contributed by atoms with van der Waals surface area (Å²) in [6, 6.07) is 2.91. The van der Waals surface area contributed by atoms with Gasteiger partial charge in [0.05, 0.1) is 17.1 Å². The van der Waals surface area contributed by atoms with Gasteiger partial charge in [0, 0.05) is 6.07 Å². The van der Waals surface area contributed by atoms with Crippen molar-refractivity contribution >= 4 is 17.1 Å². The molecule has 7 heteroatoms. The molecule has 0 saturated heterocycles. The number of nitrogen functional groups attached to an aromatic ring is 1. The van der Waals surface area contributed by atoms with Gasteiger partial charge in [-0.3, -0.25) is 0 Å². The first-order valence-corrected chi connectivity index (χ1v) is 5.05. The van der Waals surface area contributed by atoms with Gasteiger partial charge in [-0.25, -0.2) is 22.0 Å². The topological polar surface area (TPSA) is 38.0 Å². The van der Waals surface area contributed by atoms with Crippen LogP contribution in [0.3, 0.4) is 0 Å². The molecule has 0 heterocycles. The maximum Gasteiger partial charge on any atom is 0.196 e. The van der Waals surface area contributed by atoms with Crippen molar-refractivity contribution in [1.82, 2.24) is 0 Å². The Kier molecular flexibility index (Phi) is 3.28. The lowest BCUT2D eigenvalue weighted by Crippen LogP contribution is -2.03. The highest BCUT2D eigenvalue weighted by molar-refractivity contribution is 5.73. The Morgan fingerprint density at radius 2 is 1.47 bits per heavy atom. The summed E-state index contributed by atoms with van der Waals surface area (Å²) >= 11 is 0. The van der Waals surface area contributed by atoms with E-state index in [-0.39, 0.29) is 5.69 Å². The zero-order chi connectivity index (χ0) is 14.2. The van der Waals surface area contributed by atoms with E-state index in [4.69, 9.17) is 5.73 Å². The van der Waals surface area contributed by atoms with Gasteiger partial charge in [-0.05, 0) is 18.2 Å². The minimum absolute atomic E-state index is 0.289. The van der Waals surface area contributed by atoms with E-state index in [0.717, 1.165) is 12.1 Å². The Bertz CT molecular complexity index is 643. The smallest absolute Gasteiger partial charge is 0.196 e. The Morgan fingerprint density at radius 3 is 2.16 bits per heavy atom. The molecule has 0 unspecified atom stereocenters. The van der Waals surface area contributed by atoms with Crippen LogP contribution in [0, 0.1) is 29.1 Å². The first kappa shape index (κ1) is 13.1. The SMILES string of the molecule is Nc1c(F)cc(F)cc1Nc1ccc(F)c(F)c1F. The first-order valence-electron chi connectivity index (χ1n) is 5.05. The normalized spacial score (nSPS) is 10.6. The highest BCUT2D eigenvalue weighted by atomic mass is 19.2. The molecular weight excluding hydrogens is 267 g/mol. The number of rotatable bonds is 2. The molecule has 0 aliphatic heterocycles. The fourth-order valence-electron chi connectivity index (χ4n) is 1.46. The molecule has 0 saturated carbocycles. The summed E-state index contributed by atoms with van der Waals surface area (Å²) in [5, 5.41) is 2.20. The molecule has 2 aromatic rings.